The van der Waals surface area contributed by atoms with Crippen LogP contribution in [-0.4, -0.2) is 29.8 Å². The molecule has 1 aliphatic heterocycles. The van der Waals surface area contributed by atoms with Gasteiger partial charge in [-0.1, -0.05) is 48.4 Å². The third-order valence-electron chi connectivity index (χ3n) is 4.93. The van der Waals surface area contributed by atoms with Crippen molar-refractivity contribution in [3.63, 3.8) is 0 Å². The van der Waals surface area contributed by atoms with Gasteiger partial charge in [-0.3, -0.25) is 14.5 Å². The van der Waals surface area contributed by atoms with E-state index in [-0.39, 0.29) is 24.3 Å². The van der Waals surface area contributed by atoms with Gasteiger partial charge in [0.1, 0.15) is 6.61 Å². The summed E-state index contributed by atoms with van der Waals surface area (Å²) in [5, 5.41) is 1.81. The number of carbonyl (C=O) groups is 2. The highest BCUT2D eigenvalue weighted by Crippen LogP contribution is 2.38. The number of terminal acetylenes is 1. The van der Waals surface area contributed by atoms with E-state index in [2.05, 4.69) is 28.5 Å². The minimum Gasteiger partial charge on any atom is -0.493 e. The van der Waals surface area contributed by atoms with Crippen LogP contribution in [0.15, 0.2) is 59.5 Å². The van der Waals surface area contributed by atoms with E-state index in [1.54, 1.807) is 12.1 Å². The Bertz CT molecular complexity index is 1290. The van der Waals surface area contributed by atoms with Gasteiger partial charge in [-0.05, 0) is 74.5 Å². The molecule has 0 aromatic heterocycles. The lowest BCUT2D eigenvalue weighted by Gasteiger charge is -2.14. The van der Waals surface area contributed by atoms with Crippen LogP contribution in [-0.2, 0) is 11.3 Å². The summed E-state index contributed by atoms with van der Waals surface area (Å²) >= 11 is 3.06. The molecule has 160 valence electrons. The van der Waals surface area contributed by atoms with E-state index in [0.29, 0.717) is 16.4 Å². The highest BCUT2D eigenvalue weighted by atomic mass is 127. The van der Waals surface area contributed by atoms with E-state index in [1.165, 1.54) is 12.0 Å². The van der Waals surface area contributed by atoms with E-state index in [9.17, 15) is 9.59 Å². The number of methoxy groups -OCH3 is 1. The molecule has 0 unspecified atom stereocenters. The van der Waals surface area contributed by atoms with Gasteiger partial charge >= 0.3 is 0 Å². The molecule has 3 aromatic carbocycles. The van der Waals surface area contributed by atoms with Crippen molar-refractivity contribution in [1.29, 1.82) is 0 Å². The largest absolute Gasteiger partial charge is 0.493 e. The molecular weight excluding hydrogens is 537 g/mol. The molecule has 0 atom stereocenters. The van der Waals surface area contributed by atoms with E-state index in [4.69, 9.17) is 15.9 Å². The normalized spacial score (nSPS) is 14.8. The van der Waals surface area contributed by atoms with Gasteiger partial charge in [0.15, 0.2) is 11.5 Å². The second-order valence-electron chi connectivity index (χ2n) is 6.93. The van der Waals surface area contributed by atoms with Crippen LogP contribution in [0.4, 0.5) is 4.79 Å². The molecule has 1 heterocycles. The first kappa shape index (κ1) is 22.2. The van der Waals surface area contributed by atoms with Gasteiger partial charge < -0.3 is 9.47 Å². The van der Waals surface area contributed by atoms with Crippen LogP contribution in [0, 0.1) is 15.9 Å². The summed E-state index contributed by atoms with van der Waals surface area (Å²) in [6, 6.07) is 17.4. The van der Waals surface area contributed by atoms with E-state index < -0.39 is 0 Å². The van der Waals surface area contributed by atoms with Crippen LogP contribution in [0.1, 0.15) is 11.1 Å². The number of carbonyl (C=O) groups excluding carboxylic acids is 2. The Labute approximate surface area is 203 Å². The van der Waals surface area contributed by atoms with Gasteiger partial charge in [-0.2, -0.15) is 0 Å². The molecule has 7 heteroatoms. The summed E-state index contributed by atoms with van der Waals surface area (Å²) in [5.41, 5.74) is 1.66. The van der Waals surface area contributed by atoms with Crippen molar-refractivity contribution in [2.24, 2.45) is 0 Å². The Hall–Kier alpha value is -2.96. The topological polar surface area (TPSA) is 55.8 Å². The average Bonchev–Trinajstić information content (AvgIpc) is 3.05. The maximum Gasteiger partial charge on any atom is 0.293 e. The molecule has 0 aliphatic carbocycles. The first-order valence-electron chi connectivity index (χ1n) is 9.67. The highest BCUT2D eigenvalue weighted by molar-refractivity contribution is 14.1. The first-order chi connectivity index (χ1) is 15.5. The number of thioether (sulfide) groups is 1. The Kier molecular flexibility index (Phi) is 6.72. The molecule has 1 fully saturated rings. The van der Waals surface area contributed by atoms with Gasteiger partial charge in [0.2, 0.25) is 0 Å². The lowest BCUT2D eigenvalue weighted by molar-refractivity contribution is -0.123. The molecule has 5 nitrogen and oxygen atoms in total. The maximum atomic E-state index is 13.0. The Morgan fingerprint density at radius 1 is 1.16 bits per heavy atom. The predicted octanol–water partition coefficient (Wildman–Crippen LogP) is 5.70. The van der Waals surface area contributed by atoms with Crippen molar-refractivity contribution in [2.45, 2.75) is 6.54 Å². The third-order valence-corrected chi connectivity index (χ3v) is 6.64. The number of nitrogens with zero attached hydrogens (tertiary/aromatic N) is 1. The highest BCUT2D eigenvalue weighted by Gasteiger charge is 2.35. The van der Waals surface area contributed by atoms with Crippen LogP contribution >= 0.6 is 34.4 Å². The zero-order valence-corrected chi connectivity index (χ0v) is 20.1. The molecule has 0 spiro atoms. The molecular formula is C25H18INO4S. The fraction of sp³-hybridized carbons (Fsp3) is 0.120. The maximum absolute atomic E-state index is 13.0. The second kappa shape index (κ2) is 9.67. The number of amides is 2. The number of fused-ring (bicyclic) bond motifs is 1. The Morgan fingerprint density at radius 2 is 1.94 bits per heavy atom. The second-order valence-corrected chi connectivity index (χ2v) is 9.09. The van der Waals surface area contributed by atoms with Gasteiger partial charge in [-0.25, -0.2) is 0 Å². The van der Waals surface area contributed by atoms with Crippen molar-refractivity contribution < 1.29 is 19.1 Å². The number of hydrogen-bond donors (Lipinski definition) is 0. The first-order valence-corrected chi connectivity index (χ1v) is 11.6. The van der Waals surface area contributed by atoms with Crippen molar-refractivity contribution >= 4 is 62.3 Å². The van der Waals surface area contributed by atoms with E-state index in [1.807, 2.05) is 48.5 Å². The fourth-order valence-electron chi connectivity index (χ4n) is 3.47. The summed E-state index contributed by atoms with van der Waals surface area (Å²) in [5.74, 6) is 3.18. The van der Waals surface area contributed by atoms with Gasteiger partial charge in [0, 0.05) is 0 Å². The number of ether oxygens (including phenoxy) is 2. The smallest absolute Gasteiger partial charge is 0.293 e. The molecule has 2 amide bonds. The molecule has 3 aromatic rings. The van der Waals surface area contributed by atoms with Crippen LogP contribution in [0.2, 0.25) is 0 Å². The molecule has 0 saturated carbocycles. The lowest BCUT2D eigenvalue weighted by Crippen LogP contribution is -2.27. The Balaban J connectivity index is 1.61. The summed E-state index contributed by atoms with van der Waals surface area (Å²) in [6.07, 6.45) is 6.98. The molecule has 4 rings (SSSR count). The predicted molar refractivity (Wildman–Crippen MR) is 136 cm³/mol. The van der Waals surface area contributed by atoms with Crippen molar-refractivity contribution in [3.05, 3.63) is 74.2 Å². The summed E-state index contributed by atoms with van der Waals surface area (Å²) < 4.78 is 11.8. The number of benzene rings is 3. The monoisotopic (exact) mass is 555 g/mol. The van der Waals surface area contributed by atoms with Crippen LogP contribution in [0.5, 0.6) is 11.5 Å². The van der Waals surface area contributed by atoms with Gasteiger partial charge in [-0.15, -0.1) is 6.42 Å². The van der Waals surface area contributed by atoms with Gasteiger partial charge in [0.05, 0.1) is 22.1 Å². The van der Waals surface area contributed by atoms with Crippen molar-refractivity contribution in [2.75, 3.05) is 13.7 Å². The number of hydrogen-bond acceptors (Lipinski definition) is 5. The van der Waals surface area contributed by atoms with Crippen molar-refractivity contribution in [1.82, 2.24) is 4.90 Å². The number of imide groups is 1. The zero-order chi connectivity index (χ0) is 22.7. The molecule has 0 N–H and O–H groups in total. The average molecular weight is 555 g/mol. The van der Waals surface area contributed by atoms with Crippen LogP contribution in [0.3, 0.4) is 0 Å². The minimum absolute atomic E-state index is 0.124. The standard InChI is InChI=1S/C25H18INO4S/c1-3-11-31-23-20(26)12-16(13-21(23)30-2)14-22-24(28)27(25(29)32-22)15-18-9-6-8-17-7-4-5-10-19(17)18/h1,4-10,12-14H,11,15H2,2H3/b22-14-. The fourth-order valence-corrected chi connectivity index (χ4v) is 5.08. The number of halogens is 1. The Morgan fingerprint density at radius 3 is 2.72 bits per heavy atom. The minimum atomic E-state index is -0.311. The molecule has 0 radical (unpaired) electrons. The van der Waals surface area contributed by atoms with E-state index in [0.717, 1.165) is 37.2 Å². The lowest BCUT2D eigenvalue weighted by atomic mass is 10.0. The molecule has 0 bridgehead atoms. The summed E-state index contributed by atoms with van der Waals surface area (Å²) in [6.45, 7) is 0.349. The van der Waals surface area contributed by atoms with Crippen LogP contribution < -0.4 is 9.47 Å². The van der Waals surface area contributed by atoms with Gasteiger partial charge in [0.25, 0.3) is 11.1 Å². The molecule has 1 saturated heterocycles. The summed E-state index contributed by atoms with van der Waals surface area (Å²) in [7, 11) is 1.54. The molecule has 1 aliphatic rings. The third kappa shape index (κ3) is 4.47. The quantitative estimate of drug-likeness (QED) is 0.222. The SMILES string of the molecule is C#CCOc1c(I)cc(/C=C2\SC(=O)N(Cc3cccc4ccccc34)C2=O)cc1OC. The zero-order valence-electron chi connectivity index (χ0n) is 17.1. The van der Waals surface area contributed by atoms with Crippen molar-refractivity contribution in [3.8, 4) is 23.8 Å². The number of rotatable bonds is 6. The van der Waals surface area contributed by atoms with Crippen LogP contribution in [0.25, 0.3) is 16.8 Å². The molecule has 32 heavy (non-hydrogen) atoms. The van der Waals surface area contributed by atoms with E-state index >= 15 is 0 Å². The summed E-state index contributed by atoms with van der Waals surface area (Å²) in [4.78, 5) is 27.3.